The highest BCUT2D eigenvalue weighted by Gasteiger charge is 2.28. The van der Waals surface area contributed by atoms with Crippen LogP contribution in [0.25, 0.3) is 6.08 Å². The first-order chi connectivity index (χ1) is 14.3. The number of rotatable bonds is 7. The van der Waals surface area contributed by atoms with Gasteiger partial charge in [0.25, 0.3) is 5.91 Å². The summed E-state index contributed by atoms with van der Waals surface area (Å²) in [6.45, 7) is 3.63. The molecular formula is C20H23BrN4O4S. The summed E-state index contributed by atoms with van der Waals surface area (Å²) in [5.74, 6) is 0.461. The molecule has 2 aromatic rings. The van der Waals surface area contributed by atoms with Gasteiger partial charge in [0, 0.05) is 30.7 Å². The molecule has 0 atom stereocenters. The number of furan rings is 1. The number of amides is 1. The third-order valence-electron chi connectivity index (χ3n) is 4.52. The van der Waals surface area contributed by atoms with Crippen molar-refractivity contribution < 1.29 is 17.6 Å². The second kappa shape index (κ2) is 10.2. The first-order valence-corrected chi connectivity index (χ1v) is 11.6. The summed E-state index contributed by atoms with van der Waals surface area (Å²) in [5, 5.41) is 3.95. The molecule has 1 aromatic heterocycles. The van der Waals surface area contributed by atoms with Gasteiger partial charge in [-0.15, -0.1) is 0 Å². The molecule has 0 saturated carbocycles. The van der Waals surface area contributed by atoms with Crippen LogP contribution in [-0.4, -0.2) is 62.5 Å². The van der Waals surface area contributed by atoms with Crippen LogP contribution < -0.4 is 5.43 Å². The normalized spacial score (nSPS) is 16.8. The fraction of sp³-hybridized carbons (Fsp3) is 0.300. The van der Waals surface area contributed by atoms with E-state index in [-0.39, 0.29) is 17.3 Å². The van der Waals surface area contributed by atoms with Gasteiger partial charge in [-0.3, -0.25) is 9.69 Å². The quantitative estimate of drug-likeness (QED) is 0.471. The molecular weight excluding hydrogens is 472 g/mol. The zero-order valence-electron chi connectivity index (χ0n) is 16.5. The third-order valence-corrected chi connectivity index (χ3v) is 6.96. The molecule has 1 aliphatic rings. The summed E-state index contributed by atoms with van der Waals surface area (Å²) in [6, 6.07) is 10.2. The molecule has 10 heteroatoms. The maximum atomic E-state index is 12.7. The van der Waals surface area contributed by atoms with Crippen molar-refractivity contribution in [1.29, 1.82) is 0 Å². The van der Waals surface area contributed by atoms with Gasteiger partial charge in [0.1, 0.15) is 5.76 Å². The van der Waals surface area contributed by atoms with E-state index in [0.717, 1.165) is 10.0 Å². The minimum atomic E-state index is -3.53. The van der Waals surface area contributed by atoms with Gasteiger partial charge in [0.05, 0.1) is 23.9 Å². The van der Waals surface area contributed by atoms with E-state index in [9.17, 15) is 13.2 Å². The molecule has 1 amide bonds. The average Bonchev–Trinajstić information content (AvgIpc) is 3.21. The maximum Gasteiger partial charge on any atom is 0.254 e. The lowest BCUT2D eigenvalue weighted by molar-refractivity contribution is -0.122. The van der Waals surface area contributed by atoms with Crippen molar-refractivity contribution in [2.24, 2.45) is 5.10 Å². The van der Waals surface area contributed by atoms with Crippen molar-refractivity contribution in [3.8, 4) is 0 Å². The van der Waals surface area contributed by atoms with E-state index in [1.165, 1.54) is 4.31 Å². The molecule has 0 bridgehead atoms. The topological polar surface area (TPSA) is 95.2 Å². The fourth-order valence-electron chi connectivity index (χ4n) is 2.96. The lowest BCUT2D eigenvalue weighted by atomic mass is 10.3. The van der Waals surface area contributed by atoms with Crippen molar-refractivity contribution in [2.75, 3.05) is 32.7 Å². The van der Waals surface area contributed by atoms with E-state index >= 15 is 0 Å². The summed E-state index contributed by atoms with van der Waals surface area (Å²) in [7, 11) is -3.53. The number of allylic oxidation sites excluding steroid dienone is 1. The number of nitrogens with one attached hydrogen (secondary N) is 1. The number of sulfonamides is 1. The number of hydrazone groups is 1. The van der Waals surface area contributed by atoms with Crippen molar-refractivity contribution in [1.82, 2.24) is 14.6 Å². The first kappa shape index (κ1) is 22.4. The van der Waals surface area contributed by atoms with Gasteiger partial charge in [-0.1, -0.05) is 15.9 Å². The van der Waals surface area contributed by atoms with E-state index in [4.69, 9.17) is 4.42 Å². The Labute approximate surface area is 184 Å². The lowest BCUT2D eigenvalue weighted by Crippen LogP contribution is -2.50. The highest BCUT2D eigenvalue weighted by Crippen LogP contribution is 2.20. The Morgan fingerprint density at radius 1 is 1.20 bits per heavy atom. The highest BCUT2D eigenvalue weighted by atomic mass is 79.9. The van der Waals surface area contributed by atoms with Crippen LogP contribution in [0, 0.1) is 0 Å². The molecule has 1 N–H and O–H groups in total. The van der Waals surface area contributed by atoms with Gasteiger partial charge in [0.2, 0.25) is 10.0 Å². The second-order valence-corrected chi connectivity index (χ2v) is 9.68. The Balaban J connectivity index is 1.45. The Morgan fingerprint density at radius 2 is 1.90 bits per heavy atom. The van der Waals surface area contributed by atoms with Gasteiger partial charge >= 0.3 is 0 Å². The van der Waals surface area contributed by atoms with Crippen molar-refractivity contribution in [2.45, 2.75) is 11.8 Å². The number of hydrogen-bond acceptors (Lipinski definition) is 6. The van der Waals surface area contributed by atoms with E-state index in [1.807, 2.05) is 17.9 Å². The van der Waals surface area contributed by atoms with E-state index in [2.05, 4.69) is 26.5 Å². The summed E-state index contributed by atoms with van der Waals surface area (Å²) in [4.78, 5) is 14.3. The molecule has 30 heavy (non-hydrogen) atoms. The molecule has 8 nitrogen and oxygen atoms in total. The van der Waals surface area contributed by atoms with Gasteiger partial charge in [-0.25, -0.2) is 13.8 Å². The molecule has 160 valence electrons. The number of carbonyl (C=O) groups is 1. The van der Waals surface area contributed by atoms with Crippen LogP contribution in [-0.2, 0) is 14.8 Å². The predicted molar refractivity (Wildman–Crippen MR) is 118 cm³/mol. The summed E-state index contributed by atoms with van der Waals surface area (Å²) in [5.41, 5.74) is 3.32. The van der Waals surface area contributed by atoms with Gasteiger partial charge < -0.3 is 4.42 Å². The fourth-order valence-corrected chi connectivity index (χ4v) is 4.65. The van der Waals surface area contributed by atoms with Gasteiger partial charge in [-0.2, -0.15) is 9.41 Å². The summed E-state index contributed by atoms with van der Waals surface area (Å²) >= 11 is 3.31. The maximum absolute atomic E-state index is 12.7. The monoisotopic (exact) mass is 494 g/mol. The average molecular weight is 495 g/mol. The molecule has 0 aliphatic carbocycles. The number of halogens is 1. The van der Waals surface area contributed by atoms with Crippen LogP contribution in [0.3, 0.4) is 0 Å². The van der Waals surface area contributed by atoms with Crippen molar-refractivity contribution >= 4 is 44.2 Å². The highest BCUT2D eigenvalue weighted by molar-refractivity contribution is 9.10. The second-order valence-electron chi connectivity index (χ2n) is 6.83. The Bertz CT molecular complexity index is 1010. The standard InChI is InChI=1S/C20H23BrN4O4S/c1-16(13-18-3-2-12-29-18)14-22-23-20(26)15-24-8-10-25(11-9-24)30(27,28)19-6-4-17(21)5-7-19/h2-7,12-14H,8-11,15H2,1H3,(H,23,26)/b16-13+,22-14-. The van der Waals surface area contributed by atoms with Crippen LogP contribution in [0.1, 0.15) is 12.7 Å². The van der Waals surface area contributed by atoms with E-state index < -0.39 is 10.0 Å². The molecule has 1 saturated heterocycles. The number of benzene rings is 1. The Morgan fingerprint density at radius 3 is 2.53 bits per heavy atom. The zero-order valence-corrected chi connectivity index (χ0v) is 18.9. The first-order valence-electron chi connectivity index (χ1n) is 9.36. The van der Waals surface area contributed by atoms with Crippen LogP contribution in [0.5, 0.6) is 0 Å². The number of nitrogens with zero attached hydrogens (tertiary/aromatic N) is 3. The molecule has 1 aliphatic heterocycles. The predicted octanol–water partition coefficient (Wildman–Crippen LogP) is 2.55. The minimum absolute atomic E-state index is 0.157. The van der Waals surface area contributed by atoms with Crippen LogP contribution in [0.4, 0.5) is 0 Å². The van der Waals surface area contributed by atoms with Crippen molar-refractivity contribution in [3.05, 3.63) is 58.5 Å². The van der Waals surface area contributed by atoms with E-state index in [0.29, 0.717) is 31.9 Å². The van der Waals surface area contributed by atoms with Gasteiger partial charge in [0.15, 0.2) is 0 Å². The third kappa shape index (κ3) is 6.11. The zero-order chi connectivity index (χ0) is 21.6. The SMILES string of the molecule is CC(/C=N\NC(=O)CN1CCN(S(=O)(=O)c2ccc(Br)cc2)CC1)=C\c1ccco1. The molecule has 0 spiro atoms. The Hall–Kier alpha value is -2.27. The molecule has 1 aromatic carbocycles. The largest absolute Gasteiger partial charge is 0.465 e. The number of hydrogen-bond donors (Lipinski definition) is 1. The van der Waals surface area contributed by atoms with Crippen LogP contribution in [0.2, 0.25) is 0 Å². The van der Waals surface area contributed by atoms with E-state index in [1.54, 1.807) is 48.9 Å². The molecule has 3 rings (SSSR count). The van der Waals surface area contributed by atoms with Crippen molar-refractivity contribution in [3.63, 3.8) is 0 Å². The number of piperazine rings is 1. The summed E-state index contributed by atoms with van der Waals surface area (Å²) < 4.78 is 32.9. The summed E-state index contributed by atoms with van der Waals surface area (Å²) in [6.07, 6.45) is 4.94. The minimum Gasteiger partial charge on any atom is -0.465 e. The smallest absolute Gasteiger partial charge is 0.254 e. The molecule has 2 heterocycles. The Kier molecular flexibility index (Phi) is 7.59. The van der Waals surface area contributed by atoms with Crippen LogP contribution in [0.15, 0.2) is 67.1 Å². The lowest BCUT2D eigenvalue weighted by Gasteiger charge is -2.33. The molecule has 0 radical (unpaired) electrons. The number of carbonyl (C=O) groups excluding carboxylic acids is 1. The molecule has 0 unspecified atom stereocenters. The molecule has 1 fully saturated rings. The van der Waals surface area contributed by atoms with Gasteiger partial charge in [-0.05, 0) is 55.0 Å². The van der Waals surface area contributed by atoms with Crippen LogP contribution >= 0.6 is 15.9 Å².